The van der Waals surface area contributed by atoms with Crippen molar-refractivity contribution in [3.63, 3.8) is 0 Å². The van der Waals surface area contributed by atoms with Crippen LogP contribution >= 0.6 is 0 Å². The summed E-state index contributed by atoms with van der Waals surface area (Å²) in [5.74, 6) is 2.31. The summed E-state index contributed by atoms with van der Waals surface area (Å²) in [5.41, 5.74) is 1.09. The molecule has 1 heterocycles. The minimum atomic E-state index is 0.647. The normalized spacial score (nSPS) is 10.6. The van der Waals surface area contributed by atoms with Crippen molar-refractivity contribution in [3.05, 3.63) is 42.1 Å². The maximum absolute atomic E-state index is 5.35. The molecule has 0 fully saturated rings. The number of aromatic nitrogens is 2. The molecular weight excluding hydrogens is 290 g/mol. The zero-order chi connectivity index (χ0) is 16.5. The first-order valence-electron chi connectivity index (χ1n) is 7.76. The van der Waals surface area contributed by atoms with Gasteiger partial charge in [-0.2, -0.15) is 4.98 Å². The molecule has 2 N–H and O–H groups in total. The molecule has 0 unspecified atom stereocenters. The van der Waals surface area contributed by atoms with Crippen LogP contribution in [0.5, 0.6) is 5.75 Å². The number of anilines is 2. The highest BCUT2D eigenvalue weighted by molar-refractivity contribution is 5.42. The van der Waals surface area contributed by atoms with Crippen LogP contribution in [0.25, 0.3) is 0 Å². The number of nitrogens with one attached hydrogen (secondary N) is 2. The van der Waals surface area contributed by atoms with Crippen molar-refractivity contribution in [2.75, 3.05) is 44.9 Å². The van der Waals surface area contributed by atoms with Gasteiger partial charge in [0.1, 0.15) is 11.6 Å². The van der Waals surface area contributed by atoms with E-state index in [1.54, 1.807) is 13.3 Å². The Balaban J connectivity index is 1.87. The van der Waals surface area contributed by atoms with Gasteiger partial charge in [-0.1, -0.05) is 18.2 Å². The fourth-order valence-electron chi connectivity index (χ4n) is 2.17. The first kappa shape index (κ1) is 17.0. The fourth-order valence-corrected chi connectivity index (χ4v) is 2.17. The highest BCUT2D eigenvalue weighted by Crippen LogP contribution is 2.18. The van der Waals surface area contributed by atoms with Gasteiger partial charge >= 0.3 is 0 Å². The second-order valence-corrected chi connectivity index (χ2v) is 5.51. The monoisotopic (exact) mass is 315 g/mol. The molecule has 0 aliphatic carbocycles. The van der Waals surface area contributed by atoms with E-state index < -0.39 is 0 Å². The van der Waals surface area contributed by atoms with Crippen LogP contribution in [0, 0.1) is 0 Å². The molecule has 2 rings (SSSR count). The predicted octanol–water partition coefficient (Wildman–Crippen LogP) is 2.46. The van der Waals surface area contributed by atoms with Gasteiger partial charge in [-0.05, 0) is 39.2 Å². The summed E-state index contributed by atoms with van der Waals surface area (Å²) in [7, 11) is 5.82. The van der Waals surface area contributed by atoms with Gasteiger partial charge in [0.05, 0.1) is 7.11 Å². The highest BCUT2D eigenvalue weighted by Gasteiger charge is 2.03. The van der Waals surface area contributed by atoms with Crippen molar-refractivity contribution < 1.29 is 4.74 Å². The predicted molar refractivity (Wildman–Crippen MR) is 94.0 cm³/mol. The van der Waals surface area contributed by atoms with E-state index in [-0.39, 0.29) is 0 Å². The molecular formula is C17H25N5O. The summed E-state index contributed by atoms with van der Waals surface area (Å²) in [6.45, 7) is 2.55. The molecule has 0 spiro atoms. The van der Waals surface area contributed by atoms with Crippen LogP contribution in [0.3, 0.4) is 0 Å². The van der Waals surface area contributed by atoms with Crippen molar-refractivity contribution >= 4 is 11.8 Å². The summed E-state index contributed by atoms with van der Waals surface area (Å²) < 4.78 is 5.35. The number of benzene rings is 1. The Morgan fingerprint density at radius 2 is 1.96 bits per heavy atom. The number of ether oxygens (including phenoxy) is 1. The Labute approximate surface area is 137 Å². The van der Waals surface area contributed by atoms with E-state index >= 15 is 0 Å². The number of nitrogens with zero attached hydrogens (tertiary/aromatic N) is 3. The molecule has 0 aliphatic rings. The summed E-state index contributed by atoms with van der Waals surface area (Å²) in [4.78, 5) is 10.9. The third-order valence-corrected chi connectivity index (χ3v) is 3.37. The first-order chi connectivity index (χ1) is 11.2. The largest absolute Gasteiger partial charge is 0.496 e. The number of hydrogen-bond donors (Lipinski definition) is 2. The average molecular weight is 315 g/mol. The molecule has 23 heavy (non-hydrogen) atoms. The molecule has 6 heteroatoms. The summed E-state index contributed by atoms with van der Waals surface area (Å²) in [6, 6.07) is 9.81. The van der Waals surface area contributed by atoms with E-state index in [4.69, 9.17) is 4.74 Å². The molecule has 0 radical (unpaired) electrons. The minimum Gasteiger partial charge on any atom is -0.496 e. The van der Waals surface area contributed by atoms with Gasteiger partial charge in [-0.15, -0.1) is 0 Å². The van der Waals surface area contributed by atoms with Gasteiger partial charge < -0.3 is 20.3 Å². The fraction of sp³-hybridized carbons (Fsp3) is 0.412. The third kappa shape index (κ3) is 5.75. The quantitative estimate of drug-likeness (QED) is 0.693. The lowest BCUT2D eigenvalue weighted by Crippen LogP contribution is -2.17. The van der Waals surface area contributed by atoms with Crippen LogP contribution < -0.4 is 15.4 Å². The Bertz CT molecular complexity index is 603. The van der Waals surface area contributed by atoms with Gasteiger partial charge in [-0.25, -0.2) is 4.98 Å². The molecule has 6 nitrogen and oxygen atoms in total. The van der Waals surface area contributed by atoms with E-state index in [9.17, 15) is 0 Å². The standard InChI is InChI=1S/C17H25N5O/c1-22(2)12-6-10-18-17-19-11-9-16(21-17)20-13-14-7-4-5-8-15(14)23-3/h4-5,7-9,11H,6,10,12-13H2,1-3H3,(H2,18,19,20,21). The lowest BCUT2D eigenvalue weighted by Gasteiger charge is -2.12. The molecule has 0 atom stereocenters. The van der Waals surface area contributed by atoms with Crippen LogP contribution in [0.15, 0.2) is 36.5 Å². The minimum absolute atomic E-state index is 0.647. The molecule has 0 amide bonds. The Hall–Kier alpha value is -2.34. The maximum Gasteiger partial charge on any atom is 0.224 e. The lowest BCUT2D eigenvalue weighted by atomic mass is 10.2. The highest BCUT2D eigenvalue weighted by atomic mass is 16.5. The van der Waals surface area contributed by atoms with Gasteiger partial charge in [0, 0.05) is 24.8 Å². The number of methoxy groups -OCH3 is 1. The molecule has 0 saturated carbocycles. The van der Waals surface area contributed by atoms with Crippen molar-refractivity contribution in [1.82, 2.24) is 14.9 Å². The molecule has 1 aromatic carbocycles. The Morgan fingerprint density at radius 3 is 2.74 bits per heavy atom. The first-order valence-corrected chi connectivity index (χ1v) is 7.76. The van der Waals surface area contributed by atoms with E-state index in [2.05, 4.69) is 39.6 Å². The lowest BCUT2D eigenvalue weighted by molar-refractivity contribution is 0.405. The third-order valence-electron chi connectivity index (χ3n) is 3.37. The van der Waals surface area contributed by atoms with Crippen LogP contribution in [0.2, 0.25) is 0 Å². The zero-order valence-corrected chi connectivity index (χ0v) is 14.0. The van der Waals surface area contributed by atoms with Crippen LogP contribution in [0.4, 0.5) is 11.8 Å². The van der Waals surface area contributed by atoms with Crippen LogP contribution in [-0.2, 0) is 6.54 Å². The van der Waals surface area contributed by atoms with Crippen LogP contribution in [-0.4, -0.2) is 49.2 Å². The van der Waals surface area contributed by atoms with E-state index in [1.165, 1.54) is 0 Å². The summed E-state index contributed by atoms with van der Waals surface area (Å²) in [5, 5.41) is 6.55. The van der Waals surface area contributed by atoms with Crippen molar-refractivity contribution in [3.8, 4) is 5.75 Å². The SMILES string of the molecule is COc1ccccc1CNc1ccnc(NCCCN(C)C)n1. The number of rotatable bonds is 9. The van der Waals surface area contributed by atoms with Gasteiger partial charge in [-0.3, -0.25) is 0 Å². The molecule has 2 aromatic rings. The Kier molecular flexibility index (Phi) is 6.62. The molecule has 124 valence electrons. The average Bonchev–Trinajstić information content (AvgIpc) is 2.57. The van der Waals surface area contributed by atoms with Crippen molar-refractivity contribution in [1.29, 1.82) is 0 Å². The van der Waals surface area contributed by atoms with Crippen LogP contribution in [0.1, 0.15) is 12.0 Å². The summed E-state index contributed by atoms with van der Waals surface area (Å²) in [6.07, 6.45) is 2.81. The van der Waals surface area contributed by atoms with Crippen molar-refractivity contribution in [2.45, 2.75) is 13.0 Å². The summed E-state index contributed by atoms with van der Waals surface area (Å²) >= 11 is 0. The molecule has 0 bridgehead atoms. The van der Waals surface area contributed by atoms with Crippen molar-refractivity contribution in [2.24, 2.45) is 0 Å². The van der Waals surface area contributed by atoms with Gasteiger partial charge in [0.2, 0.25) is 5.95 Å². The number of para-hydroxylation sites is 1. The maximum atomic E-state index is 5.35. The van der Waals surface area contributed by atoms with Gasteiger partial charge in [0.25, 0.3) is 0 Å². The van der Waals surface area contributed by atoms with E-state index in [0.29, 0.717) is 12.5 Å². The molecule has 0 aliphatic heterocycles. The van der Waals surface area contributed by atoms with Gasteiger partial charge in [0.15, 0.2) is 0 Å². The topological polar surface area (TPSA) is 62.3 Å². The Morgan fingerprint density at radius 1 is 1.13 bits per heavy atom. The second-order valence-electron chi connectivity index (χ2n) is 5.51. The van der Waals surface area contributed by atoms with E-state index in [1.807, 2.05) is 30.3 Å². The number of hydrogen-bond acceptors (Lipinski definition) is 6. The van der Waals surface area contributed by atoms with E-state index in [0.717, 1.165) is 36.6 Å². The molecule has 1 aromatic heterocycles. The zero-order valence-electron chi connectivity index (χ0n) is 14.0. The second kappa shape index (κ2) is 8.95. The smallest absolute Gasteiger partial charge is 0.224 e. The molecule has 0 saturated heterocycles.